The van der Waals surface area contributed by atoms with Gasteiger partial charge in [-0.15, -0.1) is 0 Å². The maximum absolute atomic E-state index is 5.08. The first kappa shape index (κ1) is 13.8. The fraction of sp³-hybridized carbons (Fsp3) is 0.400. The summed E-state index contributed by atoms with van der Waals surface area (Å²) in [6, 6.07) is 8.21. The molecule has 0 aliphatic rings. The molecule has 0 saturated carbocycles. The molecule has 0 bridgehead atoms. The normalized spacial score (nSPS) is 9.29. The molecule has 0 radical (unpaired) electrons. The van der Waals surface area contributed by atoms with Crippen LogP contribution in [0.1, 0.15) is 5.56 Å². The fourth-order valence-electron chi connectivity index (χ4n) is 1.01. The zero-order chi connectivity index (χ0) is 9.52. The first-order chi connectivity index (χ1) is 6.36. The number of methoxy groups -OCH3 is 1. The molecule has 0 saturated heterocycles. The van der Waals surface area contributed by atoms with Crippen LogP contribution < -0.4 is 27.5 Å². The molecule has 0 fully saturated rings. The van der Waals surface area contributed by atoms with Crippen LogP contribution in [0.3, 0.4) is 0 Å². The van der Waals surface area contributed by atoms with Gasteiger partial charge in [0.1, 0.15) is 5.75 Å². The largest absolute Gasteiger partial charge is 1.00 e. The molecule has 0 aliphatic carbocycles. The molecule has 1 rings (SSSR count). The van der Waals surface area contributed by atoms with E-state index in [4.69, 9.17) is 4.74 Å². The van der Waals surface area contributed by atoms with Gasteiger partial charge in [-0.3, -0.25) is 0 Å². The number of rotatable bonds is 5. The molecule has 0 amide bonds. The van der Waals surface area contributed by atoms with E-state index in [1.807, 2.05) is 23.9 Å². The first-order valence-electron chi connectivity index (χ1n) is 4.36. The quantitative estimate of drug-likeness (QED) is 0.644. The zero-order valence-electron chi connectivity index (χ0n) is 8.33. The van der Waals surface area contributed by atoms with Crippen molar-refractivity contribution in [3.63, 3.8) is 0 Å². The third-order valence-electron chi connectivity index (χ3n) is 1.72. The van der Waals surface area contributed by atoms with Crippen LogP contribution in [0.25, 0.3) is 0 Å². The Morgan fingerprint density at radius 1 is 1.29 bits per heavy atom. The summed E-state index contributed by atoms with van der Waals surface area (Å²) >= 11 is 1.92. The highest BCUT2D eigenvalue weighted by molar-refractivity contribution is 7.98. The molecular weight excluding hydrogens is 262 g/mol. The molecule has 14 heavy (non-hydrogen) atoms. The number of benzene rings is 1. The van der Waals surface area contributed by atoms with E-state index in [1.165, 1.54) is 5.56 Å². The summed E-state index contributed by atoms with van der Waals surface area (Å²) in [4.78, 5) is 0. The second-order valence-electron chi connectivity index (χ2n) is 2.75. The molecule has 3 N–H and O–H groups in total. The zero-order valence-corrected chi connectivity index (χ0v) is 10.7. The van der Waals surface area contributed by atoms with Gasteiger partial charge in [0, 0.05) is 11.5 Å². The molecule has 1 aromatic rings. The molecular formula is C10H16BrNOS. The van der Waals surface area contributed by atoms with Crippen molar-refractivity contribution >= 4 is 11.8 Å². The number of ether oxygens (including phenoxy) is 1. The van der Waals surface area contributed by atoms with Crippen molar-refractivity contribution in [1.29, 1.82) is 0 Å². The Labute approximate surface area is 100.0 Å². The first-order valence-corrected chi connectivity index (χ1v) is 5.52. The highest BCUT2D eigenvalue weighted by Crippen LogP contribution is 2.15. The van der Waals surface area contributed by atoms with Crippen molar-refractivity contribution in [3.05, 3.63) is 29.8 Å². The highest BCUT2D eigenvalue weighted by Gasteiger charge is 1.94. The highest BCUT2D eigenvalue weighted by atomic mass is 79.9. The Balaban J connectivity index is 0.00000169. The van der Waals surface area contributed by atoms with Crippen LogP contribution in [-0.4, -0.2) is 19.4 Å². The molecule has 4 heteroatoms. The summed E-state index contributed by atoms with van der Waals surface area (Å²) < 4.78 is 5.08. The van der Waals surface area contributed by atoms with Crippen LogP contribution in [0.5, 0.6) is 5.75 Å². The van der Waals surface area contributed by atoms with Gasteiger partial charge in [-0.1, -0.05) is 12.1 Å². The van der Waals surface area contributed by atoms with Gasteiger partial charge < -0.3 is 27.5 Å². The van der Waals surface area contributed by atoms with E-state index >= 15 is 0 Å². The summed E-state index contributed by atoms with van der Waals surface area (Å²) in [5, 5.41) is 0. The molecule has 1 aromatic carbocycles. The van der Waals surface area contributed by atoms with Gasteiger partial charge in [0.15, 0.2) is 0 Å². The molecule has 80 valence electrons. The third-order valence-corrected chi connectivity index (χ3v) is 2.83. The summed E-state index contributed by atoms with van der Waals surface area (Å²) in [7, 11) is 1.69. The summed E-state index contributed by atoms with van der Waals surface area (Å²) in [6.45, 7) is 1.00. The van der Waals surface area contributed by atoms with Gasteiger partial charge in [0.25, 0.3) is 0 Å². The second-order valence-corrected chi connectivity index (χ2v) is 3.86. The maximum atomic E-state index is 5.08. The molecule has 2 nitrogen and oxygen atoms in total. The number of hydrogen-bond donors (Lipinski definition) is 1. The van der Waals surface area contributed by atoms with E-state index in [9.17, 15) is 0 Å². The van der Waals surface area contributed by atoms with Crippen LogP contribution in [-0.2, 0) is 5.75 Å². The van der Waals surface area contributed by atoms with Crippen molar-refractivity contribution in [2.45, 2.75) is 5.75 Å². The monoisotopic (exact) mass is 277 g/mol. The molecule has 0 heterocycles. The summed E-state index contributed by atoms with van der Waals surface area (Å²) in [5.41, 5.74) is 5.15. The lowest BCUT2D eigenvalue weighted by molar-refractivity contribution is -0.360. The van der Waals surface area contributed by atoms with Crippen molar-refractivity contribution in [2.75, 3.05) is 19.4 Å². The molecule has 0 aromatic heterocycles. The average Bonchev–Trinajstić information content (AvgIpc) is 2.19. The van der Waals surface area contributed by atoms with E-state index in [0.29, 0.717) is 0 Å². The third kappa shape index (κ3) is 4.88. The van der Waals surface area contributed by atoms with Crippen molar-refractivity contribution < 1.29 is 27.5 Å². The minimum Gasteiger partial charge on any atom is -1.00 e. The van der Waals surface area contributed by atoms with E-state index in [1.54, 1.807) is 7.11 Å². The van der Waals surface area contributed by atoms with Crippen LogP contribution in [0.15, 0.2) is 24.3 Å². The van der Waals surface area contributed by atoms with Crippen LogP contribution >= 0.6 is 11.8 Å². The summed E-state index contributed by atoms with van der Waals surface area (Å²) in [6.07, 6.45) is 0. The van der Waals surface area contributed by atoms with E-state index in [0.717, 1.165) is 23.8 Å². The second kappa shape index (κ2) is 8.15. The molecule has 0 aliphatic heterocycles. The minimum atomic E-state index is 0. The summed E-state index contributed by atoms with van der Waals surface area (Å²) in [5.74, 6) is 3.12. The number of hydrogen-bond acceptors (Lipinski definition) is 2. The Hall–Kier alpha value is -0.190. The Kier molecular flexibility index (Phi) is 8.04. The maximum Gasteiger partial charge on any atom is 0.118 e. The number of quaternary nitrogens is 1. The van der Waals surface area contributed by atoms with Gasteiger partial charge in [-0.25, -0.2) is 0 Å². The number of thioether (sulfide) groups is 1. The van der Waals surface area contributed by atoms with Gasteiger partial charge in [-0.2, -0.15) is 11.8 Å². The van der Waals surface area contributed by atoms with Crippen LogP contribution in [0, 0.1) is 0 Å². The minimum absolute atomic E-state index is 0. The van der Waals surface area contributed by atoms with Crippen molar-refractivity contribution in [2.24, 2.45) is 0 Å². The lowest BCUT2D eigenvalue weighted by Crippen LogP contribution is -3.00. The Bertz CT molecular complexity index is 240. The van der Waals surface area contributed by atoms with Crippen molar-refractivity contribution in [1.82, 2.24) is 0 Å². The van der Waals surface area contributed by atoms with E-state index in [2.05, 4.69) is 17.9 Å². The molecule has 0 spiro atoms. The van der Waals surface area contributed by atoms with Gasteiger partial charge in [0.2, 0.25) is 0 Å². The molecule has 0 atom stereocenters. The van der Waals surface area contributed by atoms with Crippen molar-refractivity contribution in [3.8, 4) is 5.75 Å². The van der Waals surface area contributed by atoms with Gasteiger partial charge >= 0.3 is 0 Å². The van der Waals surface area contributed by atoms with Gasteiger partial charge in [-0.05, 0) is 17.7 Å². The van der Waals surface area contributed by atoms with Crippen LogP contribution in [0.4, 0.5) is 0 Å². The average molecular weight is 278 g/mol. The van der Waals surface area contributed by atoms with E-state index < -0.39 is 0 Å². The lowest BCUT2D eigenvalue weighted by Gasteiger charge is -2.02. The lowest BCUT2D eigenvalue weighted by atomic mass is 10.2. The smallest absolute Gasteiger partial charge is 0.118 e. The van der Waals surface area contributed by atoms with Gasteiger partial charge in [0.05, 0.1) is 13.7 Å². The van der Waals surface area contributed by atoms with Crippen LogP contribution in [0.2, 0.25) is 0 Å². The fourth-order valence-corrected chi connectivity index (χ4v) is 1.79. The Morgan fingerprint density at radius 2 is 1.93 bits per heavy atom. The molecule has 0 unspecified atom stereocenters. The SMILES string of the molecule is COc1ccc(CSCC[NH3+])cc1.[Br-]. The topological polar surface area (TPSA) is 36.9 Å². The standard InChI is InChI=1S/C10H15NOS.BrH/c1-12-10-4-2-9(3-5-10)8-13-7-6-11;/h2-5H,6-8,11H2,1H3;1H. The Morgan fingerprint density at radius 3 is 2.43 bits per heavy atom. The van der Waals surface area contributed by atoms with E-state index in [-0.39, 0.29) is 17.0 Å². The number of halogens is 1. The predicted molar refractivity (Wildman–Crippen MR) is 56.9 cm³/mol. The predicted octanol–water partition coefficient (Wildman–Crippen LogP) is -1.83.